The van der Waals surface area contributed by atoms with E-state index in [0.717, 1.165) is 16.4 Å². The molecule has 2 aromatic heterocycles. The van der Waals surface area contributed by atoms with Crippen LogP contribution in [0.4, 0.5) is 5.69 Å². The Morgan fingerprint density at radius 3 is 2.69 bits per heavy atom. The van der Waals surface area contributed by atoms with Gasteiger partial charge in [0.05, 0.1) is 22.3 Å². The van der Waals surface area contributed by atoms with Gasteiger partial charge in [0.2, 0.25) is 11.7 Å². The number of rotatable bonds is 6. The van der Waals surface area contributed by atoms with E-state index in [9.17, 15) is 9.59 Å². The average Bonchev–Trinajstić information content (AvgIpc) is 3.15. The lowest BCUT2D eigenvalue weighted by molar-refractivity contribution is -0.113. The highest BCUT2D eigenvalue weighted by Gasteiger charge is 2.17. The van der Waals surface area contributed by atoms with E-state index < -0.39 is 0 Å². The van der Waals surface area contributed by atoms with Crippen LogP contribution in [0.3, 0.4) is 0 Å². The number of aromatic nitrogens is 4. The summed E-state index contributed by atoms with van der Waals surface area (Å²) in [7, 11) is 0. The fraction of sp³-hybridized carbons (Fsp3) is 0.200. The van der Waals surface area contributed by atoms with Gasteiger partial charge in [0.25, 0.3) is 5.56 Å². The maximum atomic E-state index is 12.8. The Hall–Kier alpha value is -2.65. The van der Waals surface area contributed by atoms with E-state index in [-0.39, 0.29) is 17.2 Å². The fourth-order valence-corrected chi connectivity index (χ4v) is 4.26. The number of carbonyl (C=O) groups is 1. The standard InChI is InChI=1S/C20H18BrN5O2S/c1-2-11-25-18(28)13-7-3-6-10-16(13)26-19(25)23-24-20(26)29-12-17(27)22-15-9-5-4-8-14(15)21/h3-10H,2,11-12H2,1H3,(H,22,27). The van der Waals surface area contributed by atoms with Gasteiger partial charge in [-0.3, -0.25) is 18.6 Å². The van der Waals surface area contributed by atoms with Crippen LogP contribution in [0.1, 0.15) is 13.3 Å². The predicted molar refractivity (Wildman–Crippen MR) is 119 cm³/mol. The molecule has 2 aromatic carbocycles. The number of anilines is 1. The Morgan fingerprint density at radius 1 is 1.14 bits per heavy atom. The van der Waals surface area contributed by atoms with Crippen LogP contribution in [-0.4, -0.2) is 30.8 Å². The predicted octanol–water partition coefficient (Wildman–Crippen LogP) is 3.95. The van der Waals surface area contributed by atoms with Crippen molar-refractivity contribution in [2.75, 3.05) is 11.1 Å². The minimum atomic E-state index is -0.148. The van der Waals surface area contributed by atoms with Crippen LogP contribution in [-0.2, 0) is 11.3 Å². The van der Waals surface area contributed by atoms with Gasteiger partial charge >= 0.3 is 0 Å². The van der Waals surface area contributed by atoms with Gasteiger partial charge < -0.3 is 5.32 Å². The van der Waals surface area contributed by atoms with E-state index in [0.29, 0.717) is 28.6 Å². The van der Waals surface area contributed by atoms with Gasteiger partial charge in [0.15, 0.2) is 5.16 Å². The zero-order valence-corrected chi connectivity index (χ0v) is 18.0. The van der Waals surface area contributed by atoms with E-state index >= 15 is 0 Å². The molecule has 0 radical (unpaired) electrons. The van der Waals surface area contributed by atoms with Crippen LogP contribution < -0.4 is 10.9 Å². The summed E-state index contributed by atoms with van der Waals surface area (Å²) in [6.07, 6.45) is 0.803. The number of benzene rings is 2. The molecule has 0 atom stereocenters. The van der Waals surface area contributed by atoms with Crippen molar-refractivity contribution >= 4 is 56.0 Å². The first-order chi connectivity index (χ1) is 14.1. The van der Waals surface area contributed by atoms with Crippen molar-refractivity contribution in [3.8, 4) is 0 Å². The van der Waals surface area contributed by atoms with Gasteiger partial charge in [0, 0.05) is 11.0 Å². The van der Waals surface area contributed by atoms with Crippen molar-refractivity contribution in [3.63, 3.8) is 0 Å². The number of halogens is 1. The first-order valence-corrected chi connectivity index (χ1v) is 10.9. The molecule has 7 nitrogen and oxygen atoms in total. The van der Waals surface area contributed by atoms with Crippen molar-refractivity contribution in [2.45, 2.75) is 25.0 Å². The van der Waals surface area contributed by atoms with E-state index in [1.54, 1.807) is 10.6 Å². The number of hydrogen-bond acceptors (Lipinski definition) is 5. The van der Waals surface area contributed by atoms with Crippen LogP contribution in [0.25, 0.3) is 16.7 Å². The first-order valence-electron chi connectivity index (χ1n) is 9.14. The zero-order chi connectivity index (χ0) is 20.4. The van der Waals surface area contributed by atoms with Crippen molar-refractivity contribution in [1.82, 2.24) is 19.2 Å². The molecular formula is C20H18BrN5O2S. The molecular weight excluding hydrogens is 454 g/mol. The molecule has 0 bridgehead atoms. The van der Waals surface area contributed by atoms with Gasteiger partial charge in [-0.25, -0.2) is 0 Å². The van der Waals surface area contributed by atoms with Crippen molar-refractivity contribution < 1.29 is 4.79 Å². The Bertz CT molecular complexity index is 1270. The Balaban J connectivity index is 1.67. The number of amides is 1. The highest BCUT2D eigenvalue weighted by atomic mass is 79.9. The van der Waals surface area contributed by atoms with Crippen molar-refractivity contribution in [3.05, 3.63) is 63.4 Å². The van der Waals surface area contributed by atoms with Crippen molar-refractivity contribution in [1.29, 1.82) is 0 Å². The summed E-state index contributed by atoms with van der Waals surface area (Å²) in [4.78, 5) is 25.3. The summed E-state index contributed by atoms with van der Waals surface area (Å²) in [5, 5.41) is 12.5. The number of nitrogens with zero attached hydrogens (tertiary/aromatic N) is 4. The number of aryl methyl sites for hydroxylation is 1. The number of nitrogens with one attached hydrogen (secondary N) is 1. The number of para-hydroxylation sites is 2. The van der Waals surface area contributed by atoms with Crippen LogP contribution >= 0.6 is 27.7 Å². The summed E-state index contributed by atoms with van der Waals surface area (Å²) in [5.74, 6) is 0.512. The zero-order valence-electron chi connectivity index (χ0n) is 15.6. The smallest absolute Gasteiger partial charge is 0.262 e. The van der Waals surface area contributed by atoms with Gasteiger partial charge in [-0.05, 0) is 46.6 Å². The van der Waals surface area contributed by atoms with E-state index in [4.69, 9.17) is 0 Å². The molecule has 1 amide bonds. The lowest BCUT2D eigenvalue weighted by Gasteiger charge is -2.10. The molecule has 4 rings (SSSR count). The third-order valence-electron chi connectivity index (χ3n) is 4.41. The Morgan fingerprint density at radius 2 is 1.90 bits per heavy atom. The SMILES string of the molecule is CCCn1c(=O)c2ccccc2n2c(SCC(=O)Nc3ccccc3Br)nnc12. The first kappa shape index (κ1) is 19.7. The number of fused-ring (bicyclic) bond motifs is 3. The quantitative estimate of drug-likeness (QED) is 0.430. The molecule has 0 aliphatic carbocycles. The molecule has 0 unspecified atom stereocenters. The van der Waals surface area contributed by atoms with Gasteiger partial charge in [-0.1, -0.05) is 43.0 Å². The maximum Gasteiger partial charge on any atom is 0.262 e. The van der Waals surface area contributed by atoms with E-state index in [1.807, 2.05) is 53.8 Å². The Labute approximate surface area is 179 Å². The second-order valence-corrected chi connectivity index (χ2v) is 8.21. The normalized spacial score (nSPS) is 11.2. The minimum absolute atomic E-state index is 0.0782. The molecule has 29 heavy (non-hydrogen) atoms. The summed E-state index contributed by atoms with van der Waals surface area (Å²) in [6, 6.07) is 14.8. The Kier molecular flexibility index (Phi) is 5.68. The number of thioether (sulfide) groups is 1. The summed E-state index contributed by atoms with van der Waals surface area (Å²) in [6.45, 7) is 2.56. The van der Waals surface area contributed by atoms with Gasteiger partial charge in [0.1, 0.15) is 0 Å². The van der Waals surface area contributed by atoms with Gasteiger partial charge in [-0.15, -0.1) is 10.2 Å². The van der Waals surface area contributed by atoms with Crippen LogP contribution in [0.2, 0.25) is 0 Å². The lowest BCUT2D eigenvalue weighted by Crippen LogP contribution is -2.23. The topological polar surface area (TPSA) is 81.3 Å². The molecule has 4 aromatic rings. The van der Waals surface area contributed by atoms with E-state index in [2.05, 4.69) is 31.4 Å². The molecule has 0 fully saturated rings. The summed E-state index contributed by atoms with van der Waals surface area (Å²) >= 11 is 4.71. The number of carbonyl (C=O) groups excluding carboxylic acids is 1. The molecule has 0 aliphatic heterocycles. The fourth-order valence-electron chi connectivity index (χ4n) is 3.13. The molecule has 148 valence electrons. The highest BCUT2D eigenvalue weighted by Crippen LogP contribution is 2.24. The van der Waals surface area contributed by atoms with Crippen LogP contribution in [0.5, 0.6) is 0 Å². The van der Waals surface area contributed by atoms with Crippen molar-refractivity contribution in [2.24, 2.45) is 0 Å². The third-order valence-corrected chi connectivity index (χ3v) is 6.03. The molecule has 0 saturated heterocycles. The number of hydrogen-bond donors (Lipinski definition) is 1. The van der Waals surface area contributed by atoms with Crippen LogP contribution in [0, 0.1) is 0 Å². The molecule has 0 aliphatic rings. The highest BCUT2D eigenvalue weighted by molar-refractivity contribution is 9.10. The second-order valence-electron chi connectivity index (χ2n) is 6.41. The molecule has 1 N–H and O–H groups in total. The molecule has 0 spiro atoms. The molecule has 0 saturated carbocycles. The second kappa shape index (κ2) is 8.38. The maximum absolute atomic E-state index is 12.8. The average molecular weight is 472 g/mol. The largest absolute Gasteiger partial charge is 0.324 e. The summed E-state index contributed by atoms with van der Waals surface area (Å²) < 4.78 is 4.31. The van der Waals surface area contributed by atoms with Gasteiger partial charge in [-0.2, -0.15) is 0 Å². The monoisotopic (exact) mass is 471 g/mol. The molecule has 9 heteroatoms. The lowest BCUT2D eigenvalue weighted by atomic mass is 10.2. The van der Waals surface area contributed by atoms with Crippen LogP contribution in [0.15, 0.2) is 63.0 Å². The molecule has 2 heterocycles. The minimum Gasteiger partial charge on any atom is -0.324 e. The van der Waals surface area contributed by atoms with E-state index in [1.165, 1.54) is 11.8 Å². The third kappa shape index (κ3) is 3.79. The summed E-state index contributed by atoms with van der Waals surface area (Å²) in [5.41, 5.74) is 1.37.